The number of carbonyl (C=O) groups is 1. The first-order valence-corrected chi connectivity index (χ1v) is 10.9. The van der Waals surface area contributed by atoms with Crippen molar-refractivity contribution < 1.29 is 9.53 Å². The maximum Gasteiger partial charge on any atom is 0.258 e. The van der Waals surface area contributed by atoms with E-state index in [4.69, 9.17) is 33.7 Å². The number of aromatic nitrogens is 1. The Balaban J connectivity index is 2.04. The van der Waals surface area contributed by atoms with Crippen LogP contribution < -0.4 is 16.0 Å². The van der Waals surface area contributed by atoms with Crippen molar-refractivity contribution in [1.29, 1.82) is 0 Å². The van der Waals surface area contributed by atoms with Gasteiger partial charge in [0.1, 0.15) is 5.75 Å². The Bertz CT molecular complexity index is 953. The fourth-order valence-corrected chi connectivity index (χ4v) is 4.04. The third-order valence-electron chi connectivity index (χ3n) is 5.31. The van der Waals surface area contributed by atoms with Crippen molar-refractivity contribution in [2.75, 3.05) is 19.7 Å². The number of likely N-dealkylation sites (tertiary alicyclic amines) is 1. The molecule has 1 aromatic carbocycles. The summed E-state index contributed by atoms with van der Waals surface area (Å²) in [6.45, 7) is 4.52. The molecule has 0 spiro atoms. The molecule has 158 valence electrons. The van der Waals surface area contributed by atoms with Gasteiger partial charge < -0.3 is 19.9 Å². The molecule has 0 saturated carbocycles. The van der Waals surface area contributed by atoms with Crippen LogP contribution in [0, 0.1) is 0 Å². The number of halogens is 2. The Hall–Kier alpha value is -1.76. The van der Waals surface area contributed by atoms with Crippen molar-refractivity contribution in [2.24, 2.45) is 5.73 Å². The maximum atomic E-state index is 13.2. The van der Waals surface area contributed by atoms with Crippen LogP contribution in [0.1, 0.15) is 44.7 Å². The molecule has 6 nitrogen and oxygen atoms in total. The number of unbranched alkanes of at least 4 members (excludes halogenated alkanes) is 1. The van der Waals surface area contributed by atoms with Gasteiger partial charge >= 0.3 is 0 Å². The molecule has 0 bridgehead atoms. The van der Waals surface area contributed by atoms with E-state index in [1.165, 1.54) is 0 Å². The van der Waals surface area contributed by atoms with Crippen LogP contribution >= 0.6 is 23.2 Å². The standard InChI is InChI=1S/C21H27Cl2N3O3/c1-2-3-10-29-20-14-11-16(22)17(23)12-15(14)21(28)26(18(20)13-24)9-6-19(27)25-7-4-5-8-25/h11-12H,2-10,13,24H2,1H3. The van der Waals surface area contributed by atoms with Gasteiger partial charge in [0.25, 0.3) is 5.56 Å². The summed E-state index contributed by atoms with van der Waals surface area (Å²) in [6, 6.07) is 3.22. The van der Waals surface area contributed by atoms with Crippen molar-refractivity contribution in [2.45, 2.75) is 52.1 Å². The molecule has 29 heavy (non-hydrogen) atoms. The summed E-state index contributed by atoms with van der Waals surface area (Å²) in [5, 5.41) is 1.67. The minimum Gasteiger partial charge on any atom is -0.491 e. The zero-order valence-electron chi connectivity index (χ0n) is 16.7. The van der Waals surface area contributed by atoms with E-state index in [-0.39, 0.29) is 31.0 Å². The molecular weight excluding hydrogens is 413 g/mol. The molecule has 1 aromatic heterocycles. The van der Waals surface area contributed by atoms with Crippen molar-refractivity contribution in [3.8, 4) is 5.75 Å². The summed E-state index contributed by atoms with van der Waals surface area (Å²) in [7, 11) is 0. The first kappa shape index (κ1) is 21.9. The number of hydrogen-bond acceptors (Lipinski definition) is 4. The third-order valence-corrected chi connectivity index (χ3v) is 6.04. The van der Waals surface area contributed by atoms with E-state index < -0.39 is 0 Å². The number of nitrogens with two attached hydrogens (primary N) is 1. The third kappa shape index (κ3) is 4.71. The largest absolute Gasteiger partial charge is 0.491 e. The average Bonchev–Trinajstić information content (AvgIpc) is 3.25. The molecular formula is C21H27Cl2N3O3. The first-order valence-electron chi connectivity index (χ1n) is 10.1. The first-order chi connectivity index (χ1) is 14.0. The lowest BCUT2D eigenvalue weighted by atomic mass is 10.1. The van der Waals surface area contributed by atoms with E-state index in [0.717, 1.165) is 38.8 Å². The number of pyridine rings is 1. The van der Waals surface area contributed by atoms with E-state index in [1.807, 2.05) is 4.90 Å². The van der Waals surface area contributed by atoms with Crippen molar-refractivity contribution in [1.82, 2.24) is 9.47 Å². The Morgan fingerprint density at radius 3 is 2.45 bits per heavy atom. The van der Waals surface area contributed by atoms with Crippen LogP contribution in [0.15, 0.2) is 16.9 Å². The molecule has 1 amide bonds. The number of ether oxygens (including phenoxy) is 1. The summed E-state index contributed by atoms with van der Waals surface area (Å²) < 4.78 is 7.60. The second kappa shape index (κ2) is 9.83. The average molecular weight is 440 g/mol. The van der Waals surface area contributed by atoms with Crippen LogP contribution in [0.2, 0.25) is 10.0 Å². The van der Waals surface area contributed by atoms with Crippen LogP contribution in [0.4, 0.5) is 0 Å². The number of benzene rings is 1. The second-order valence-corrected chi connectivity index (χ2v) is 8.10. The summed E-state index contributed by atoms with van der Waals surface area (Å²) in [6.07, 6.45) is 4.16. The molecule has 1 aliphatic rings. The normalized spacial score (nSPS) is 14.0. The summed E-state index contributed by atoms with van der Waals surface area (Å²) >= 11 is 12.4. The van der Waals surface area contributed by atoms with Gasteiger partial charge in [0.15, 0.2) is 0 Å². The van der Waals surface area contributed by atoms with Crippen LogP contribution in [0.5, 0.6) is 5.75 Å². The lowest BCUT2D eigenvalue weighted by Gasteiger charge is -2.21. The number of rotatable bonds is 8. The molecule has 8 heteroatoms. The monoisotopic (exact) mass is 439 g/mol. The van der Waals surface area contributed by atoms with Gasteiger partial charge in [-0.2, -0.15) is 0 Å². The van der Waals surface area contributed by atoms with Crippen molar-refractivity contribution in [3.63, 3.8) is 0 Å². The summed E-state index contributed by atoms with van der Waals surface area (Å²) in [4.78, 5) is 27.6. The Morgan fingerprint density at radius 2 is 1.83 bits per heavy atom. The van der Waals surface area contributed by atoms with Gasteiger partial charge in [-0.05, 0) is 31.4 Å². The zero-order chi connectivity index (χ0) is 21.0. The number of amides is 1. The van der Waals surface area contributed by atoms with Crippen molar-refractivity contribution in [3.05, 3.63) is 38.2 Å². The van der Waals surface area contributed by atoms with Gasteiger partial charge in [-0.25, -0.2) is 0 Å². The van der Waals surface area contributed by atoms with Crippen LogP contribution in [-0.2, 0) is 17.9 Å². The lowest BCUT2D eigenvalue weighted by Crippen LogP contribution is -2.32. The predicted octanol–water partition coefficient (Wildman–Crippen LogP) is 3.96. The molecule has 2 N–H and O–H groups in total. The number of fused-ring (bicyclic) bond motifs is 1. The van der Waals surface area contributed by atoms with E-state index in [1.54, 1.807) is 16.7 Å². The Labute approximate surface area is 180 Å². The van der Waals surface area contributed by atoms with Crippen LogP contribution in [0.25, 0.3) is 10.8 Å². The fourth-order valence-electron chi connectivity index (χ4n) is 3.71. The number of hydrogen-bond donors (Lipinski definition) is 1. The van der Waals surface area contributed by atoms with Crippen LogP contribution in [0.3, 0.4) is 0 Å². The molecule has 0 unspecified atom stereocenters. The summed E-state index contributed by atoms with van der Waals surface area (Å²) in [5.74, 6) is 0.600. The highest BCUT2D eigenvalue weighted by atomic mass is 35.5. The highest BCUT2D eigenvalue weighted by Crippen LogP contribution is 2.34. The molecule has 3 rings (SSSR count). The smallest absolute Gasteiger partial charge is 0.258 e. The maximum absolute atomic E-state index is 13.2. The number of carbonyl (C=O) groups excluding carboxylic acids is 1. The van der Waals surface area contributed by atoms with Crippen LogP contribution in [-0.4, -0.2) is 35.1 Å². The molecule has 0 aliphatic carbocycles. The molecule has 2 heterocycles. The van der Waals surface area contributed by atoms with E-state index in [0.29, 0.717) is 38.9 Å². The van der Waals surface area contributed by atoms with E-state index in [9.17, 15) is 9.59 Å². The summed E-state index contributed by atoms with van der Waals surface area (Å²) in [5.41, 5.74) is 6.35. The molecule has 2 aromatic rings. The van der Waals surface area contributed by atoms with Gasteiger partial charge in [0.05, 0.1) is 27.7 Å². The van der Waals surface area contributed by atoms with Gasteiger partial charge in [-0.1, -0.05) is 36.5 Å². The molecule has 1 fully saturated rings. The molecule has 0 radical (unpaired) electrons. The zero-order valence-corrected chi connectivity index (χ0v) is 18.2. The quantitative estimate of drug-likeness (QED) is 0.631. The second-order valence-electron chi connectivity index (χ2n) is 7.29. The molecule has 1 aliphatic heterocycles. The fraction of sp³-hybridized carbons (Fsp3) is 0.524. The van der Waals surface area contributed by atoms with E-state index >= 15 is 0 Å². The Kier molecular flexibility index (Phi) is 7.44. The van der Waals surface area contributed by atoms with Gasteiger partial charge in [0, 0.05) is 38.0 Å². The minimum absolute atomic E-state index is 0.0556. The lowest BCUT2D eigenvalue weighted by molar-refractivity contribution is -0.130. The van der Waals surface area contributed by atoms with Gasteiger partial charge in [-0.15, -0.1) is 0 Å². The Morgan fingerprint density at radius 1 is 1.17 bits per heavy atom. The van der Waals surface area contributed by atoms with Gasteiger partial charge in [-0.3, -0.25) is 9.59 Å². The predicted molar refractivity (Wildman–Crippen MR) is 117 cm³/mol. The highest BCUT2D eigenvalue weighted by molar-refractivity contribution is 6.42. The number of nitrogens with zero attached hydrogens (tertiary/aromatic N) is 2. The van der Waals surface area contributed by atoms with Crippen molar-refractivity contribution >= 4 is 39.9 Å². The topological polar surface area (TPSA) is 77.6 Å². The highest BCUT2D eigenvalue weighted by Gasteiger charge is 2.21. The molecule has 0 atom stereocenters. The minimum atomic E-state index is -0.240. The SMILES string of the molecule is CCCCOc1c(CN)n(CCC(=O)N2CCCC2)c(=O)c2cc(Cl)c(Cl)cc12. The van der Waals surface area contributed by atoms with Gasteiger partial charge in [0.2, 0.25) is 5.91 Å². The van der Waals surface area contributed by atoms with E-state index in [2.05, 4.69) is 6.92 Å². The molecule has 1 saturated heterocycles.